The van der Waals surface area contributed by atoms with E-state index >= 15 is 0 Å². The molecular weight excluding hydrogens is 384 g/mol. The van der Waals surface area contributed by atoms with Crippen LogP contribution in [0.15, 0.2) is 52.9 Å². The summed E-state index contributed by atoms with van der Waals surface area (Å²) in [7, 11) is 0. The maximum absolute atomic E-state index is 12.7. The predicted octanol–water partition coefficient (Wildman–Crippen LogP) is 3.51. The minimum absolute atomic E-state index is 0.0634. The molecule has 0 aliphatic heterocycles. The van der Waals surface area contributed by atoms with E-state index < -0.39 is 0 Å². The highest BCUT2D eigenvalue weighted by Crippen LogP contribution is 2.10. The molecule has 2 aromatic rings. The van der Waals surface area contributed by atoms with Gasteiger partial charge in [0.05, 0.1) is 12.3 Å². The number of amides is 2. The molecule has 2 rings (SSSR count). The Hall–Kier alpha value is -2.51. The highest BCUT2D eigenvalue weighted by atomic mass is 32.1. The van der Waals surface area contributed by atoms with Gasteiger partial charge in [0.15, 0.2) is 0 Å². The topological polar surface area (TPSA) is 73.8 Å². The number of nitrogens with one attached hydrogen (secondary N) is 2. The fourth-order valence-corrected chi connectivity index (χ4v) is 3.68. The summed E-state index contributed by atoms with van der Waals surface area (Å²) in [6.07, 6.45) is 4.06. The number of carbonyl (C=O) groups excluding carboxylic acids is 2. The number of likely N-dealkylation sites (N-methyl/N-ethyl adjacent to an activating group) is 1. The molecule has 1 aromatic carbocycles. The maximum atomic E-state index is 12.7. The zero-order chi connectivity index (χ0) is 20.9. The predicted molar refractivity (Wildman–Crippen MR) is 119 cm³/mol. The van der Waals surface area contributed by atoms with Gasteiger partial charge in [-0.1, -0.05) is 38.1 Å². The van der Waals surface area contributed by atoms with E-state index in [0.29, 0.717) is 12.1 Å². The van der Waals surface area contributed by atoms with Crippen molar-refractivity contribution in [2.24, 2.45) is 5.10 Å². The lowest BCUT2D eigenvalue weighted by atomic mass is 10.1. The first-order chi connectivity index (χ1) is 14.2. The van der Waals surface area contributed by atoms with Crippen molar-refractivity contribution in [2.75, 3.05) is 19.6 Å². The fraction of sp³-hybridized carbons (Fsp3) is 0.409. The highest BCUT2D eigenvalue weighted by molar-refractivity contribution is 7.11. The number of thiophene rings is 1. The van der Waals surface area contributed by atoms with Gasteiger partial charge < -0.3 is 5.32 Å². The normalized spacial score (nSPS) is 12.2. The van der Waals surface area contributed by atoms with Crippen LogP contribution in [0.2, 0.25) is 0 Å². The van der Waals surface area contributed by atoms with E-state index in [-0.39, 0.29) is 17.9 Å². The van der Waals surface area contributed by atoms with Crippen molar-refractivity contribution in [3.63, 3.8) is 0 Å². The van der Waals surface area contributed by atoms with Crippen LogP contribution in [0.4, 0.5) is 0 Å². The molecule has 0 unspecified atom stereocenters. The zero-order valence-electron chi connectivity index (χ0n) is 17.1. The Bertz CT molecular complexity index is 758. The van der Waals surface area contributed by atoms with Crippen LogP contribution in [0.3, 0.4) is 0 Å². The van der Waals surface area contributed by atoms with E-state index in [0.717, 1.165) is 37.2 Å². The minimum atomic E-state index is -0.227. The summed E-state index contributed by atoms with van der Waals surface area (Å²) >= 11 is 1.57. The molecule has 0 saturated carbocycles. The lowest BCUT2D eigenvalue weighted by Gasteiger charge is -2.27. The Balaban J connectivity index is 1.78. The maximum Gasteiger partial charge on any atom is 0.257 e. The van der Waals surface area contributed by atoms with Gasteiger partial charge in [-0.05, 0) is 55.9 Å². The summed E-state index contributed by atoms with van der Waals surface area (Å²) in [5, 5.41) is 8.99. The van der Waals surface area contributed by atoms with Crippen molar-refractivity contribution in [3.05, 3.63) is 58.3 Å². The third-order valence-electron chi connectivity index (χ3n) is 4.69. The molecule has 2 amide bonds. The Kier molecular flexibility index (Phi) is 10.1. The standard InChI is InChI=1S/C22H30N4O2S/c1-3-26(4-2)20(22(28)25-24-17-19-13-10-16-29-19)14-8-9-15-23-21(27)18-11-6-5-7-12-18/h5-7,10-13,16-17,20H,3-4,8-9,14-15H2,1-2H3,(H,23,27)(H,25,28)/b24-17+/t20-/m1/s1. The molecule has 2 N–H and O–H groups in total. The van der Waals surface area contributed by atoms with Gasteiger partial charge in [0.25, 0.3) is 11.8 Å². The van der Waals surface area contributed by atoms with Crippen molar-refractivity contribution in [3.8, 4) is 0 Å². The van der Waals surface area contributed by atoms with Gasteiger partial charge in [0.1, 0.15) is 0 Å². The SMILES string of the molecule is CCN(CC)[C@H](CCCCNC(=O)c1ccccc1)C(=O)N/N=C/c1cccs1. The molecule has 156 valence electrons. The monoisotopic (exact) mass is 414 g/mol. The number of hydrogen-bond donors (Lipinski definition) is 2. The molecular formula is C22H30N4O2S. The van der Waals surface area contributed by atoms with Gasteiger partial charge in [0, 0.05) is 17.0 Å². The zero-order valence-corrected chi connectivity index (χ0v) is 18.0. The van der Waals surface area contributed by atoms with Crippen molar-refractivity contribution < 1.29 is 9.59 Å². The summed E-state index contributed by atoms with van der Waals surface area (Å²) in [6, 6.07) is 12.9. The number of unbranched alkanes of at least 4 members (excludes halogenated alkanes) is 1. The summed E-state index contributed by atoms with van der Waals surface area (Å²) < 4.78 is 0. The third-order valence-corrected chi connectivity index (χ3v) is 5.50. The molecule has 29 heavy (non-hydrogen) atoms. The van der Waals surface area contributed by atoms with Gasteiger partial charge in [-0.15, -0.1) is 11.3 Å². The average molecular weight is 415 g/mol. The van der Waals surface area contributed by atoms with E-state index in [1.54, 1.807) is 29.7 Å². The molecule has 1 aromatic heterocycles. The Morgan fingerprint density at radius 3 is 2.52 bits per heavy atom. The molecule has 6 nitrogen and oxygen atoms in total. The van der Waals surface area contributed by atoms with Crippen LogP contribution >= 0.6 is 11.3 Å². The first-order valence-corrected chi connectivity index (χ1v) is 11.0. The van der Waals surface area contributed by atoms with Crippen LogP contribution in [-0.2, 0) is 4.79 Å². The number of nitrogens with zero attached hydrogens (tertiary/aromatic N) is 2. The van der Waals surface area contributed by atoms with Gasteiger partial charge in [0.2, 0.25) is 0 Å². The number of hydrazone groups is 1. The third kappa shape index (κ3) is 7.79. The molecule has 0 aliphatic carbocycles. The summed E-state index contributed by atoms with van der Waals surface area (Å²) in [5.41, 5.74) is 3.34. The van der Waals surface area contributed by atoms with Crippen LogP contribution in [0.25, 0.3) is 0 Å². The van der Waals surface area contributed by atoms with Crippen molar-refractivity contribution >= 4 is 29.4 Å². The lowest BCUT2D eigenvalue weighted by molar-refractivity contribution is -0.126. The van der Waals surface area contributed by atoms with E-state index in [9.17, 15) is 9.59 Å². The van der Waals surface area contributed by atoms with Crippen LogP contribution in [0.1, 0.15) is 48.3 Å². The van der Waals surface area contributed by atoms with Gasteiger partial charge in [-0.3, -0.25) is 14.5 Å². The Morgan fingerprint density at radius 2 is 1.86 bits per heavy atom. The van der Waals surface area contributed by atoms with Crippen LogP contribution in [0.5, 0.6) is 0 Å². The second-order valence-corrected chi connectivity index (χ2v) is 7.58. The molecule has 1 atom stereocenters. The smallest absolute Gasteiger partial charge is 0.257 e. The largest absolute Gasteiger partial charge is 0.352 e. The Morgan fingerprint density at radius 1 is 1.10 bits per heavy atom. The molecule has 0 spiro atoms. The van der Waals surface area contributed by atoms with E-state index in [4.69, 9.17) is 0 Å². The molecule has 0 bridgehead atoms. The van der Waals surface area contributed by atoms with Crippen LogP contribution < -0.4 is 10.7 Å². The number of benzene rings is 1. The minimum Gasteiger partial charge on any atom is -0.352 e. The van der Waals surface area contributed by atoms with Gasteiger partial charge in [-0.2, -0.15) is 5.10 Å². The molecule has 0 fully saturated rings. The highest BCUT2D eigenvalue weighted by Gasteiger charge is 2.23. The molecule has 7 heteroatoms. The number of carbonyl (C=O) groups is 2. The molecule has 0 saturated heterocycles. The van der Waals surface area contributed by atoms with Crippen molar-refractivity contribution in [1.29, 1.82) is 0 Å². The van der Waals surface area contributed by atoms with Gasteiger partial charge >= 0.3 is 0 Å². The fourth-order valence-electron chi connectivity index (χ4n) is 3.10. The quantitative estimate of drug-likeness (QED) is 0.317. The van der Waals surface area contributed by atoms with Crippen LogP contribution in [-0.4, -0.2) is 48.6 Å². The molecule has 0 radical (unpaired) electrons. The summed E-state index contributed by atoms with van der Waals surface area (Å²) in [6.45, 7) is 6.30. The second kappa shape index (κ2) is 12.9. The number of rotatable bonds is 12. The lowest BCUT2D eigenvalue weighted by Crippen LogP contribution is -2.45. The summed E-state index contributed by atoms with van der Waals surface area (Å²) in [4.78, 5) is 27.9. The molecule has 0 aliphatic rings. The number of hydrogen-bond acceptors (Lipinski definition) is 5. The van der Waals surface area contributed by atoms with E-state index in [1.165, 1.54) is 0 Å². The van der Waals surface area contributed by atoms with E-state index in [2.05, 4.69) is 34.6 Å². The Labute approximate surface area is 177 Å². The van der Waals surface area contributed by atoms with Crippen LogP contribution in [0, 0.1) is 0 Å². The molecule has 1 heterocycles. The average Bonchev–Trinajstić information content (AvgIpc) is 3.26. The van der Waals surface area contributed by atoms with Crippen molar-refractivity contribution in [1.82, 2.24) is 15.6 Å². The first-order valence-electron chi connectivity index (χ1n) is 10.1. The second-order valence-electron chi connectivity index (χ2n) is 6.60. The van der Waals surface area contributed by atoms with Gasteiger partial charge in [-0.25, -0.2) is 5.43 Å². The first kappa shape index (κ1) is 22.8. The van der Waals surface area contributed by atoms with E-state index in [1.807, 2.05) is 35.7 Å². The summed E-state index contributed by atoms with van der Waals surface area (Å²) in [5.74, 6) is -0.152. The van der Waals surface area contributed by atoms with Crippen molar-refractivity contribution in [2.45, 2.75) is 39.2 Å².